The number of aliphatic carboxylic acids is 1. The number of halogens is 1. The van der Waals surface area contributed by atoms with Crippen LogP contribution >= 0.6 is 11.6 Å². The second kappa shape index (κ2) is 13.6. The van der Waals surface area contributed by atoms with Crippen molar-refractivity contribution in [3.8, 4) is 5.75 Å². The van der Waals surface area contributed by atoms with Crippen LogP contribution in [0.1, 0.15) is 81.0 Å². The third kappa shape index (κ3) is 9.81. The van der Waals surface area contributed by atoms with Crippen molar-refractivity contribution in [2.24, 2.45) is 0 Å². The van der Waals surface area contributed by atoms with Gasteiger partial charge in [-0.15, -0.1) is 11.6 Å². The molecule has 0 aliphatic carbocycles. The molecule has 0 bridgehead atoms. The van der Waals surface area contributed by atoms with Crippen LogP contribution in [0.5, 0.6) is 5.75 Å². The fourth-order valence-corrected chi connectivity index (χ4v) is 3.05. The van der Waals surface area contributed by atoms with Crippen LogP contribution in [-0.2, 0) is 4.79 Å². The Morgan fingerprint density at radius 2 is 1.42 bits per heavy atom. The van der Waals surface area contributed by atoms with E-state index in [1.807, 2.05) is 24.3 Å². The summed E-state index contributed by atoms with van der Waals surface area (Å²) >= 11 is 5.67. The lowest BCUT2D eigenvalue weighted by molar-refractivity contribution is -0.136. The molecule has 0 radical (unpaired) electrons. The highest BCUT2D eigenvalue weighted by molar-refractivity contribution is 6.29. The van der Waals surface area contributed by atoms with E-state index in [9.17, 15) is 9.59 Å². The zero-order chi connectivity index (χ0) is 19.2. The molecule has 0 amide bonds. The standard InChI is InChI=1S/C21H31ClO4/c1-26-18-15-13-17(14-16-18)20(23)12-10-8-6-4-2-3-5-7-9-11-19(22)21(24)25/h13-16,19H,2-12H2,1H3,(H,24,25). The van der Waals surface area contributed by atoms with Gasteiger partial charge in [0, 0.05) is 12.0 Å². The molecule has 1 N–H and O–H groups in total. The van der Waals surface area contributed by atoms with Gasteiger partial charge in [0.2, 0.25) is 0 Å². The van der Waals surface area contributed by atoms with Gasteiger partial charge in [-0.25, -0.2) is 0 Å². The van der Waals surface area contributed by atoms with Crippen LogP contribution in [0.25, 0.3) is 0 Å². The van der Waals surface area contributed by atoms with Gasteiger partial charge in [-0.05, 0) is 37.1 Å². The van der Waals surface area contributed by atoms with E-state index in [2.05, 4.69) is 0 Å². The van der Waals surface area contributed by atoms with Crippen molar-refractivity contribution in [2.75, 3.05) is 7.11 Å². The van der Waals surface area contributed by atoms with E-state index in [-0.39, 0.29) is 5.78 Å². The minimum absolute atomic E-state index is 0.201. The van der Waals surface area contributed by atoms with Gasteiger partial charge in [0.05, 0.1) is 7.11 Å². The topological polar surface area (TPSA) is 63.6 Å². The van der Waals surface area contributed by atoms with Crippen molar-refractivity contribution in [2.45, 2.75) is 76.0 Å². The number of rotatable bonds is 15. The number of unbranched alkanes of at least 4 members (excludes halogenated alkanes) is 8. The maximum Gasteiger partial charge on any atom is 0.321 e. The summed E-state index contributed by atoms with van der Waals surface area (Å²) in [6.07, 6.45) is 11.0. The molecular weight excluding hydrogens is 352 g/mol. The number of hydrogen-bond acceptors (Lipinski definition) is 3. The molecule has 1 aromatic carbocycles. The van der Waals surface area contributed by atoms with Crippen LogP contribution < -0.4 is 4.74 Å². The van der Waals surface area contributed by atoms with E-state index in [0.29, 0.717) is 12.8 Å². The number of carbonyl (C=O) groups is 2. The second-order valence-corrected chi connectivity index (χ2v) is 7.20. The van der Waals surface area contributed by atoms with Crippen molar-refractivity contribution >= 4 is 23.4 Å². The highest BCUT2D eigenvalue weighted by Crippen LogP contribution is 2.16. The number of carbonyl (C=O) groups excluding carboxylic acids is 1. The minimum atomic E-state index is -0.919. The minimum Gasteiger partial charge on any atom is -0.497 e. The van der Waals surface area contributed by atoms with Crippen LogP contribution in [0.3, 0.4) is 0 Å². The Kier molecular flexibility index (Phi) is 11.8. The predicted molar refractivity (Wildman–Crippen MR) is 105 cm³/mol. The number of ether oxygens (including phenoxy) is 1. The molecule has 146 valence electrons. The highest BCUT2D eigenvalue weighted by atomic mass is 35.5. The van der Waals surface area contributed by atoms with Crippen molar-refractivity contribution < 1.29 is 19.4 Å². The number of methoxy groups -OCH3 is 1. The number of ketones is 1. The van der Waals surface area contributed by atoms with E-state index >= 15 is 0 Å². The first-order valence-corrected chi connectivity index (χ1v) is 10.0. The summed E-state index contributed by atoms with van der Waals surface area (Å²) in [7, 11) is 1.62. The Morgan fingerprint density at radius 1 is 0.923 bits per heavy atom. The van der Waals surface area contributed by atoms with Crippen molar-refractivity contribution in [1.82, 2.24) is 0 Å². The summed E-state index contributed by atoms with van der Waals surface area (Å²) < 4.78 is 5.09. The quantitative estimate of drug-likeness (QED) is 0.234. The first-order valence-electron chi connectivity index (χ1n) is 9.58. The molecular formula is C21H31ClO4. The van der Waals surface area contributed by atoms with Gasteiger partial charge in [-0.3, -0.25) is 9.59 Å². The molecule has 1 aromatic rings. The van der Waals surface area contributed by atoms with E-state index < -0.39 is 11.3 Å². The zero-order valence-electron chi connectivity index (χ0n) is 15.7. The Morgan fingerprint density at radius 3 is 1.92 bits per heavy atom. The maximum atomic E-state index is 12.1. The smallest absolute Gasteiger partial charge is 0.321 e. The fraction of sp³-hybridized carbons (Fsp3) is 0.619. The Bertz CT molecular complexity index is 527. The van der Waals surface area contributed by atoms with Gasteiger partial charge >= 0.3 is 5.97 Å². The van der Waals surface area contributed by atoms with E-state index in [1.54, 1.807) is 7.11 Å². The van der Waals surface area contributed by atoms with Gasteiger partial charge in [-0.2, -0.15) is 0 Å². The van der Waals surface area contributed by atoms with Crippen molar-refractivity contribution in [1.29, 1.82) is 0 Å². The Balaban J connectivity index is 1.94. The summed E-state index contributed by atoms with van der Waals surface area (Å²) in [5.41, 5.74) is 0.757. The number of carboxylic acid groups (broad SMARTS) is 1. The van der Waals surface area contributed by atoms with Crippen molar-refractivity contribution in [3.63, 3.8) is 0 Å². The lowest BCUT2D eigenvalue weighted by Gasteiger charge is -2.05. The number of alkyl halides is 1. The van der Waals surface area contributed by atoms with Crippen LogP contribution in [0.4, 0.5) is 0 Å². The normalized spacial score (nSPS) is 11.9. The molecule has 0 aliphatic rings. The fourth-order valence-electron chi connectivity index (χ4n) is 2.89. The van der Waals surface area contributed by atoms with Crippen molar-refractivity contribution in [3.05, 3.63) is 29.8 Å². The molecule has 0 saturated carbocycles. The predicted octanol–water partition coefficient (Wildman–Crippen LogP) is 5.86. The average Bonchev–Trinajstić information content (AvgIpc) is 2.65. The molecule has 0 spiro atoms. The molecule has 0 fully saturated rings. The first kappa shape index (κ1) is 22.5. The number of carboxylic acids is 1. The van der Waals surface area contributed by atoms with Gasteiger partial charge in [-0.1, -0.05) is 51.4 Å². The average molecular weight is 383 g/mol. The Hall–Kier alpha value is -1.55. The number of benzene rings is 1. The van der Waals surface area contributed by atoms with Crippen LogP contribution in [-0.4, -0.2) is 29.3 Å². The van der Waals surface area contributed by atoms with E-state index in [0.717, 1.165) is 43.4 Å². The molecule has 5 heteroatoms. The molecule has 26 heavy (non-hydrogen) atoms. The monoisotopic (exact) mass is 382 g/mol. The van der Waals surface area contributed by atoms with Gasteiger partial charge < -0.3 is 9.84 Å². The molecule has 1 rings (SSSR count). The summed E-state index contributed by atoms with van der Waals surface area (Å²) in [5, 5.41) is 7.95. The van der Waals surface area contributed by atoms with Gasteiger partial charge in [0.25, 0.3) is 0 Å². The molecule has 1 atom stereocenters. The van der Waals surface area contributed by atoms with E-state index in [4.69, 9.17) is 21.4 Å². The number of Topliss-reactive ketones (excluding diaryl/α,β-unsaturated/α-hetero) is 1. The third-order valence-corrected chi connectivity index (χ3v) is 4.95. The lowest BCUT2D eigenvalue weighted by Crippen LogP contribution is -2.12. The highest BCUT2D eigenvalue weighted by Gasteiger charge is 2.12. The molecule has 0 saturated heterocycles. The maximum absolute atomic E-state index is 12.1. The van der Waals surface area contributed by atoms with Gasteiger partial charge in [0.1, 0.15) is 11.1 Å². The SMILES string of the molecule is COc1ccc(C(=O)CCCCCCCCCCCC(Cl)C(=O)O)cc1. The molecule has 1 unspecified atom stereocenters. The summed E-state index contributed by atoms with van der Waals surface area (Å²) in [4.78, 5) is 22.7. The third-order valence-electron chi connectivity index (χ3n) is 4.54. The van der Waals surface area contributed by atoms with Gasteiger partial charge in [0.15, 0.2) is 5.78 Å². The summed E-state index contributed by atoms with van der Waals surface area (Å²) in [5.74, 6) is 0.0506. The zero-order valence-corrected chi connectivity index (χ0v) is 16.5. The number of hydrogen-bond donors (Lipinski definition) is 1. The second-order valence-electron chi connectivity index (χ2n) is 6.68. The lowest BCUT2D eigenvalue weighted by atomic mass is 10.0. The molecule has 4 nitrogen and oxygen atoms in total. The van der Waals surface area contributed by atoms with Crippen LogP contribution in [0.15, 0.2) is 24.3 Å². The summed E-state index contributed by atoms with van der Waals surface area (Å²) in [6.45, 7) is 0. The first-order chi connectivity index (χ1) is 12.5. The molecule has 0 aliphatic heterocycles. The molecule has 0 heterocycles. The molecule has 0 aromatic heterocycles. The van der Waals surface area contributed by atoms with Crippen LogP contribution in [0, 0.1) is 0 Å². The van der Waals surface area contributed by atoms with E-state index in [1.165, 1.54) is 25.7 Å². The van der Waals surface area contributed by atoms with Crippen LogP contribution in [0.2, 0.25) is 0 Å². The summed E-state index contributed by atoms with van der Waals surface area (Å²) in [6, 6.07) is 7.29. The largest absolute Gasteiger partial charge is 0.497 e. The Labute approximate surface area is 161 Å².